The van der Waals surface area contributed by atoms with Gasteiger partial charge in [-0.15, -0.1) is 0 Å². The van der Waals surface area contributed by atoms with Crippen molar-refractivity contribution >= 4 is 46.3 Å². The molecule has 38 heavy (non-hydrogen) atoms. The molecule has 198 valence electrons. The maximum atomic E-state index is 13.1. The van der Waals surface area contributed by atoms with Gasteiger partial charge in [0.15, 0.2) is 5.82 Å². The van der Waals surface area contributed by atoms with Crippen molar-refractivity contribution < 1.29 is 23.9 Å². The number of rotatable bonds is 5. The van der Waals surface area contributed by atoms with Gasteiger partial charge < -0.3 is 19.7 Å². The molecular formula is C27H28ClN5O5. The summed E-state index contributed by atoms with van der Waals surface area (Å²) in [5.41, 5.74) is 1.97. The number of nitrogens with zero attached hydrogens (tertiary/aromatic N) is 3. The van der Waals surface area contributed by atoms with E-state index in [1.165, 1.54) is 4.90 Å². The summed E-state index contributed by atoms with van der Waals surface area (Å²) in [6, 6.07) is 12.7. The SMILES string of the molecule is CC(C)(C)C(=O)OCOC(=O)N1CCC[C@@H](C(=O)Nc2n[nH]c3ccc(-c4cc(C#N)ccc4Cl)cc23)C1. The van der Waals surface area contributed by atoms with Gasteiger partial charge >= 0.3 is 12.1 Å². The van der Waals surface area contributed by atoms with Crippen molar-refractivity contribution in [3.8, 4) is 17.2 Å². The number of aromatic amines is 1. The largest absolute Gasteiger partial charge is 0.427 e. The quantitative estimate of drug-likeness (QED) is 0.341. The van der Waals surface area contributed by atoms with Crippen LogP contribution in [-0.4, -0.2) is 52.9 Å². The van der Waals surface area contributed by atoms with E-state index in [0.29, 0.717) is 46.7 Å². The van der Waals surface area contributed by atoms with Crippen LogP contribution in [-0.2, 0) is 19.1 Å². The Morgan fingerprint density at radius 2 is 2.00 bits per heavy atom. The summed E-state index contributed by atoms with van der Waals surface area (Å²) in [6.45, 7) is 5.24. The molecule has 0 spiro atoms. The molecule has 1 atom stereocenters. The van der Waals surface area contributed by atoms with Crippen molar-refractivity contribution in [3.05, 3.63) is 47.0 Å². The lowest BCUT2D eigenvalue weighted by molar-refractivity contribution is -0.161. The van der Waals surface area contributed by atoms with Crippen LogP contribution in [0.15, 0.2) is 36.4 Å². The molecule has 0 aliphatic carbocycles. The number of anilines is 1. The molecule has 1 fully saturated rings. The minimum atomic E-state index is -0.704. The van der Waals surface area contributed by atoms with E-state index in [0.717, 1.165) is 11.1 Å². The lowest BCUT2D eigenvalue weighted by Crippen LogP contribution is -2.44. The van der Waals surface area contributed by atoms with E-state index in [1.54, 1.807) is 39.0 Å². The van der Waals surface area contributed by atoms with Gasteiger partial charge in [0.25, 0.3) is 0 Å². The van der Waals surface area contributed by atoms with Crippen molar-refractivity contribution in [1.29, 1.82) is 5.26 Å². The lowest BCUT2D eigenvalue weighted by atomic mass is 9.97. The Labute approximate surface area is 224 Å². The molecule has 11 heteroatoms. The Balaban J connectivity index is 1.42. The number of piperidine rings is 1. The highest BCUT2D eigenvalue weighted by Crippen LogP contribution is 2.33. The summed E-state index contributed by atoms with van der Waals surface area (Å²) in [6.07, 6.45) is 0.572. The standard InChI is InChI=1S/C27H28ClN5O5/c1-27(2,3)25(35)37-15-38-26(36)33-10-4-5-18(14-33)24(34)30-23-20-12-17(7-9-22(20)31-32-23)19-11-16(13-29)6-8-21(19)28/h6-9,11-12,18H,4-5,10,14-15H2,1-3H3,(H2,30,31,32,34)/t18-/m1/s1. The fraction of sp³-hybridized carbons (Fsp3) is 0.370. The Kier molecular flexibility index (Phi) is 7.88. The van der Waals surface area contributed by atoms with Crippen molar-refractivity contribution in [2.24, 2.45) is 11.3 Å². The summed E-state index contributed by atoms with van der Waals surface area (Å²) in [5, 5.41) is 20.5. The van der Waals surface area contributed by atoms with Crippen LogP contribution in [0.1, 0.15) is 39.2 Å². The fourth-order valence-electron chi connectivity index (χ4n) is 4.11. The van der Waals surface area contributed by atoms with E-state index in [4.69, 9.17) is 21.1 Å². The van der Waals surface area contributed by atoms with E-state index < -0.39 is 30.2 Å². The van der Waals surface area contributed by atoms with Gasteiger partial charge in [0, 0.05) is 29.1 Å². The van der Waals surface area contributed by atoms with E-state index >= 15 is 0 Å². The number of amides is 2. The van der Waals surface area contributed by atoms with Crippen LogP contribution >= 0.6 is 11.6 Å². The predicted octanol–water partition coefficient (Wildman–Crippen LogP) is 5.09. The Morgan fingerprint density at radius 3 is 2.74 bits per heavy atom. The van der Waals surface area contributed by atoms with E-state index in [1.807, 2.05) is 18.2 Å². The van der Waals surface area contributed by atoms with Gasteiger partial charge in [-0.05, 0) is 69.5 Å². The number of halogens is 1. The number of fused-ring (bicyclic) bond motifs is 1. The second-order valence-electron chi connectivity index (χ2n) is 10.1. The van der Waals surface area contributed by atoms with Gasteiger partial charge in [-0.25, -0.2) is 4.79 Å². The number of carbonyl (C=O) groups excluding carboxylic acids is 3. The highest BCUT2D eigenvalue weighted by atomic mass is 35.5. The molecule has 2 amide bonds. The summed E-state index contributed by atoms with van der Waals surface area (Å²) in [7, 11) is 0. The van der Waals surface area contributed by atoms with E-state index in [9.17, 15) is 19.6 Å². The van der Waals surface area contributed by atoms with Crippen molar-refractivity contribution in [2.75, 3.05) is 25.2 Å². The number of hydrogen-bond acceptors (Lipinski definition) is 7. The van der Waals surface area contributed by atoms with Crippen LogP contribution < -0.4 is 5.32 Å². The zero-order chi connectivity index (χ0) is 27.4. The molecular weight excluding hydrogens is 510 g/mol. The lowest BCUT2D eigenvalue weighted by Gasteiger charge is -2.31. The maximum absolute atomic E-state index is 13.1. The van der Waals surface area contributed by atoms with Gasteiger partial charge in [0.2, 0.25) is 12.7 Å². The number of ether oxygens (including phenoxy) is 2. The molecule has 0 radical (unpaired) electrons. The maximum Gasteiger partial charge on any atom is 0.412 e. The summed E-state index contributed by atoms with van der Waals surface area (Å²) >= 11 is 6.38. The molecule has 1 aromatic heterocycles. The minimum absolute atomic E-state index is 0.169. The highest BCUT2D eigenvalue weighted by Gasteiger charge is 2.30. The van der Waals surface area contributed by atoms with Gasteiger partial charge in [-0.1, -0.05) is 17.7 Å². The molecule has 4 rings (SSSR count). The highest BCUT2D eigenvalue weighted by molar-refractivity contribution is 6.33. The first-order chi connectivity index (χ1) is 18.1. The summed E-state index contributed by atoms with van der Waals surface area (Å²) in [4.78, 5) is 38.9. The number of hydrogen-bond donors (Lipinski definition) is 2. The summed E-state index contributed by atoms with van der Waals surface area (Å²) < 4.78 is 10.1. The third kappa shape index (κ3) is 6.06. The molecule has 0 unspecified atom stereocenters. The normalized spacial score (nSPS) is 15.6. The van der Waals surface area contributed by atoms with Gasteiger partial charge in [-0.3, -0.25) is 14.7 Å². The number of nitriles is 1. The van der Waals surface area contributed by atoms with Crippen LogP contribution in [0.25, 0.3) is 22.0 Å². The van der Waals surface area contributed by atoms with Crippen LogP contribution in [0, 0.1) is 22.7 Å². The molecule has 10 nitrogen and oxygen atoms in total. The topological polar surface area (TPSA) is 137 Å². The first kappa shape index (κ1) is 26.9. The van der Waals surface area contributed by atoms with Crippen molar-refractivity contribution in [2.45, 2.75) is 33.6 Å². The number of H-pyrrole nitrogens is 1. The average Bonchev–Trinajstić information content (AvgIpc) is 3.30. The first-order valence-electron chi connectivity index (χ1n) is 12.1. The Hall–Kier alpha value is -4.10. The van der Waals surface area contributed by atoms with Gasteiger partial charge in [-0.2, -0.15) is 10.4 Å². The smallest absolute Gasteiger partial charge is 0.412 e. The van der Waals surface area contributed by atoms with Crippen molar-refractivity contribution in [1.82, 2.24) is 15.1 Å². The number of aromatic nitrogens is 2. The van der Waals surface area contributed by atoms with Gasteiger partial charge in [0.1, 0.15) is 0 Å². The van der Waals surface area contributed by atoms with Crippen LogP contribution in [0.5, 0.6) is 0 Å². The van der Waals surface area contributed by atoms with Crippen LogP contribution in [0.4, 0.5) is 10.6 Å². The number of nitrogens with one attached hydrogen (secondary N) is 2. The molecule has 0 saturated carbocycles. The molecule has 1 aliphatic heterocycles. The van der Waals surface area contributed by atoms with Crippen LogP contribution in [0.2, 0.25) is 5.02 Å². The summed E-state index contributed by atoms with van der Waals surface area (Å²) in [5.74, 6) is -0.862. The number of esters is 1. The zero-order valence-electron chi connectivity index (χ0n) is 21.3. The van der Waals surface area contributed by atoms with E-state index in [2.05, 4.69) is 21.6 Å². The van der Waals surface area contributed by atoms with Crippen molar-refractivity contribution in [3.63, 3.8) is 0 Å². The zero-order valence-corrected chi connectivity index (χ0v) is 22.1. The third-order valence-electron chi connectivity index (χ3n) is 6.25. The van der Waals surface area contributed by atoms with E-state index in [-0.39, 0.29) is 12.5 Å². The molecule has 1 aliphatic rings. The Bertz CT molecular complexity index is 1420. The fourth-order valence-corrected chi connectivity index (χ4v) is 4.34. The number of carbonyl (C=O) groups is 3. The molecule has 2 heterocycles. The molecule has 2 N–H and O–H groups in total. The monoisotopic (exact) mass is 537 g/mol. The predicted molar refractivity (Wildman–Crippen MR) is 141 cm³/mol. The van der Waals surface area contributed by atoms with Gasteiger partial charge in [0.05, 0.1) is 28.5 Å². The second kappa shape index (κ2) is 11.1. The molecule has 0 bridgehead atoms. The molecule has 2 aromatic carbocycles. The molecule has 3 aromatic rings. The second-order valence-corrected chi connectivity index (χ2v) is 10.5. The third-order valence-corrected chi connectivity index (χ3v) is 6.58. The number of benzene rings is 2. The van der Waals surface area contributed by atoms with Crippen LogP contribution in [0.3, 0.4) is 0 Å². The number of likely N-dealkylation sites (tertiary alicyclic amines) is 1. The minimum Gasteiger partial charge on any atom is -0.427 e. The average molecular weight is 538 g/mol. The first-order valence-corrected chi connectivity index (χ1v) is 12.5. The molecule has 1 saturated heterocycles. The Morgan fingerprint density at radius 1 is 1.21 bits per heavy atom.